The Morgan fingerprint density at radius 2 is 1.92 bits per heavy atom. The second-order valence-corrected chi connectivity index (χ2v) is 9.80. The summed E-state index contributed by atoms with van der Waals surface area (Å²) in [6.45, 7) is 3.59. The summed E-state index contributed by atoms with van der Waals surface area (Å²) in [5.74, 6) is 0.854. The fraction of sp³-hybridized carbons (Fsp3) is 0.231. The quantitative estimate of drug-likeness (QED) is 0.369. The van der Waals surface area contributed by atoms with Gasteiger partial charge in [0.2, 0.25) is 0 Å². The number of hydrogen-bond acceptors (Lipinski definition) is 10. The van der Waals surface area contributed by atoms with Crippen molar-refractivity contribution in [3.8, 4) is 6.07 Å². The molecule has 192 valence electrons. The summed E-state index contributed by atoms with van der Waals surface area (Å²) < 4.78 is 13.9. The number of carbonyl (C=O) groups excluding carboxylic acids is 1. The smallest absolute Gasteiger partial charge is 0.260 e. The van der Waals surface area contributed by atoms with Crippen LogP contribution < -0.4 is 15.5 Å². The number of halogens is 1. The third-order valence-electron chi connectivity index (χ3n) is 6.02. The van der Waals surface area contributed by atoms with Crippen molar-refractivity contribution in [3.05, 3.63) is 82.6 Å². The van der Waals surface area contributed by atoms with Gasteiger partial charge >= 0.3 is 0 Å². The van der Waals surface area contributed by atoms with Crippen LogP contribution in [0.4, 0.5) is 26.8 Å². The monoisotopic (exact) mass is 529 g/mol. The lowest BCUT2D eigenvalue weighted by Gasteiger charge is -2.33. The Morgan fingerprint density at radius 3 is 2.63 bits per heavy atom. The molecule has 4 heterocycles. The first kappa shape index (κ1) is 25.2. The van der Waals surface area contributed by atoms with E-state index in [1.165, 1.54) is 29.9 Å². The predicted octanol–water partition coefficient (Wildman–Crippen LogP) is 3.68. The molecule has 5 rings (SSSR count). The van der Waals surface area contributed by atoms with Gasteiger partial charge in [-0.05, 0) is 30.8 Å². The minimum Gasteiger partial charge on any atom is -0.354 e. The standard InChI is InChI=1S/C26H24FN9OS/c1-35-8-10-36(11-9-35)24-13-23(34-26-30-15-19(14-28)38-26)32-22(33-24)12-17-2-4-18(5-3-17)31-25(37)20-16-29-7-6-21(20)27/h2-7,13,15-16H,8-12H2,1H3,(H,31,37)(H,30,32,33,34). The molecule has 0 bridgehead atoms. The van der Waals surface area contributed by atoms with E-state index in [-0.39, 0.29) is 5.56 Å². The molecular formula is C26H24FN9OS. The molecule has 12 heteroatoms. The lowest BCUT2D eigenvalue weighted by atomic mass is 10.1. The third-order valence-corrected chi connectivity index (χ3v) is 6.84. The second-order valence-electron chi connectivity index (χ2n) is 8.77. The van der Waals surface area contributed by atoms with E-state index in [0.717, 1.165) is 43.6 Å². The fourth-order valence-electron chi connectivity index (χ4n) is 3.95. The van der Waals surface area contributed by atoms with Gasteiger partial charge < -0.3 is 20.4 Å². The molecule has 1 amide bonds. The number of nitriles is 1. The Bertz CT molecular complexity index is 1480. The molecule has 10 nitrogen and oxygen atoms in total. The summed E-state index contributed by atoms with van der Waals surface area (Å²) in [7, 11) is 2.10. The van der Waals surface area contributed by atoms with E-state index in [1.54, 1.807) is 12.1 Å². The first-order valence-corrected chi connectivity index (χ1v) is 12.7. The highest BCUT2D eigenvalue weighted by molar-refractivity contribution is 7.16. The molecule has 1 aliphatic rings. The summed E-state index contributed by atoms with van der Waals surface area (Å²) in [5.41, 5.74) is 1.36. The van der Waals surface area contributed by atoms with Gasteiger partial charge in [-0.25, -0.2) is 19.3 Å². The molecular weight excluding hydrogens is 505 g/mol. The summed E-state index contributed by atoms with van der Waals surface area (Å²) in [4.78, 5) is 35.0. The summed E-state index contributed by atoms with van der Waals surface area (Å²) in [6, 6.07) is 12.4. The second kappa shape index (κ2) is 11.3. The molecule has 0 radical (unpaired) electrons. The molecule has 0 unspecified atom stereocenters. The lowest BCUT2D eigenvalue weighted by Crippen LogP contribution is -2.44. The van der Waals surface area contributed by atoms with Gasteiger partial charge in [0.25, 0.3) is 5.91 Å². The maximum Gasteiger partial charge on any atom is 0.260 e. The molecule has 1 aromatic carbocycles. The lowest BCUT2D eigenvalue weighted by molar-refractivity contribution is 0.102. The number of piperazine rings is 1. The van der Waals surface area contributed by atoms with Gasteiger partial charge in [-0.15, -0.1) is 0 Å². The van der Waals surface area contributed by atoms with Crippen LogP contribution in [-0.4, -0.2) is 64.0 Å². The molecule has 0 atom stereocenters. The van der Waals surface area contributed by atoms with Gasteiger partial charge in [0.15, 0.2) is 5.13 Å². The Labute approximate surface area is 222 Å². The average molecular weight is 530 g/mol. The number of thiazole rings is 1. The number of anilines is 4. The van der Waals surface area contributed by atoms with Crippen LogP contribution in [0.25, 0.3) is 0 Å². The molecule has 2 N–H and O–H groups in total. The fourth-order valence-corrected chi connectivity index (χ4v) is 4.57. The molecule has 1 saturated heterocycles. The summed E-state index contributed by atoms with van der Waals surface area (Å²) in [6.07, 6.45) is 4.48. The third kappa shape index (κ3) is 6.08. The Hall–Kier alpha value is -4.47. The molecule has 0 spiro atoms. The van der Waals surface area contributed by atoms with Gasteiger partial charge in [0.1, 0.15) is 34.2 Å². The maximum absolute atomic E-state index is 13.9. The van der Waals surface area contributed by atoms with Gasteiger partial charge in [0, 0.05) is 56.7 Å². The van der Waals surface area contributed by atoms with Crippen LogP contribution in [0.3, 0.4) is 0 Å². The van der Waals surface area contributed by atoms with Crippen molar-refractivity contribution in [3.63, 3.8) is 0 Å². The van der Waals surface area contributed by atoms with Crippen molar-refractivity contribution in [1.82, 2.24) is 24.8 Å². The Kier molecular flexibility index (Phi) is 7.48. The SMILES string of the molecule is CN1CCN(c2cc(Nc3ncc(C#N)s3)nc(Cc3ccc(NC(=O)c4cnccc4F)cc3)n2)CC1. The van der Waals surface area contributed by atoms with Crippen LogP contribution in [0.5, 0.6) is 0 Å². The van der Waals surface area contributed by atoms with E-state index < -0.39 is 11.7 Å². The molecule has 3 aromatic heterocycles. The number of aromatic nitrogens is 4. The number of carbonyl (C=O) groups is 1. The van der Waals surface area contributed by atoms with Gasteiger partial charge in [-0.1, -0.05) is 23.5 Å². The minimum absolute atomic E-state index is 0.118. The average Bonchev–Trinajstić information content (AvgIpc) is 3.38. The van der Waals surface area contributed by atoms with Crippen molar-refractivity contribution in [2.75, 3.05) is 48.8 Å². The first-order valence-electron chi connectivity index (χ1n) is 11.9. The van der Waals surface area contributed by atoms with Crippen LogP contribution in [0, 0.1) is 17.1 Å². The number of nitrogens with zero attached hydrogens (tertiary/aromatic N) is 7. The minimum atomic E-state index is -0.627. The van der Waals surface area contributed by atoms with E-state index in [4.69, 9.17) is 15.2 Å². The molecule has 1 fully saturated rings. The molecule has 1 aliphatic heterocycles. The summed E-state index contributed by atoms with van der Waals surface area (Å²) >= 11 is 1.26. The molecule has 38 heavy (non-hydrogen) atoms. The van der Waals surface area contributed by atoms with Crippen LogP contribution in [-0.2, 0) is 6.42 Å². The normalized spacial score (nSPS) is 13.7. The number of pyridine rings is 1. The highest BCUT2D eigenvalue weighted by Gasteiger charge is 2.18. The van der Waals surface area contributed by atoms with E-state index in [1.807, 2.05) is 18.2 Å². The zero-order valence-corrected chi connectivity index (χ0v) is 21.4. The number of rotatable bonds is 7. The van der Waals surface area contributed by atoms with E-state index in [0.29, 0.717) is 33.8 Å². The Balaban J connectivity index is 1.34. The number of likely N-dealkylation sites (N-methyl/N-ethyl adjacent to an activating group) is 1. The van der Waals surface area contributed by atoms with Crippen LogP contribution in [0.15, 0.2) is 55.0 Å². The topological polar surface area (TPSA) is 123 Å². The Morgan fingerprint density at radius 1 is 1.13 bits per heavy atom. The zero-order chi connectivity index (χ0) is 26.5. The number of nitrogens with one attached hydrogen (secondary N) is 2. The highest BCUT2D eigenvalue weighted by atomic mass is 32.1. The molecule has 4 aromatic rings. The van der Waals surface area contributed by atoms with Crippen molar-refractivity contribution >= 4 is 39.7 Å². The van der Waals surface area contributed by atoms with Crippen molar-refractivity contribution in [2.45, 2.75) is 6.42 Å². The largest absolute Gasteiger partial charge is 0.354 e. The summed E-state index contributed by atoms with van der Waals surface area (Å²) in [5, 5.41) is 15.6. The van der Waals surface area contributed by atoms with Gasteiger partial charge in [-0.2, -0.15) is 5.26 Å². The van der Waals surface area contributed by atoms with E-state index in [9.17, 15) is 9.18 Å². The number of benzene rings is 1. The van der Waals surface area contributed by atoms with Crippen molar-refractivity contribution in [2.24, 2.45) is 0 Å². The highest BCUT2D eigenvalue weighted by Crippen LogP contribution is 2.25. The van der Waals surface area contributed by atoms with Gasteiger partial charge in [-0.3, -0.25) is 9.78 Å². The molecule has 0 aliphatic carbocycles. The van der Waals surface area contributed by atoms with Crippen molar-refractivity contribution < 1.29 is 9.18 Å². The molecule has 0 saturated carbocycles. The van der Waals surface area contributed by atoms with E-state index >= 15 is 0 Å². The van der Waals surface area contributed by atoms with Crippen LogP contribution >= 0.6 is 11.3 Å². The van der Waals surface area contributed by atoms with Gasteiger partial charge in [0.05, 0.1) is 11.8 Å². The number of hydrogen-bond donors (Lipinski definition) is 2. The van der Waals surface area contributed by atoms with Crippen LogP contribution in [0.2, 0.25) is 0 Å². The predicted molar refractivity (Wildman–Crippen MR) is 143 cm³/mol. The van der Waals surface area contributed by atoms with Crippen LogP contribution in [0.1, 0.15) is 26.6 Å². The van der Waals surface area contributed by atoms with Crippen molar-refractivity contribution in [1.29, 1.82) is 5.26 Å². The zero-order valence-electron chi connectivity index (χ0n) is 20.6. The maximum atomic E-state index is 13.9. The number of amides is 1. The van der Waals surface area contributed by atoms with E-state index in [2.05, 4.69) is 43.5 Å². The first-order chi connectivity index (χ1) is 18.5.